The maximum absolute atomic E-state index is 13.4. The van der Waals surface area contributed by atoms with E-state index in [0.29, 0.717) is 17.2 Å². The molecule has 1 unspecified atom stereocenters. The van der Waals surface area contributed by atoms with Crippen molar-refractivity contribution in [2.75, 3.05) is 18.0 Å². The van der Waals surface area contributed by atoms with Gasteiger partial charge in [0, 0.05) is 6.54 Å². The van der Waals surface area contributed by atoms with Crippen molar-refractivity contribution >= 4 is 21.6 Å². The first-order valence-electron chi connectivity index (χ1n) is 10.1. The number of rotatable bonds is 6. The number of nitrogens with one attached hydrogen (secondary N) is 1. The van der Waals surface area contributed by atoms with Crippen LogP contribution in [0.5, 0.6) is 11.5 Å². The van der Waals surface area contributed by atoms with Crippen molar-refractivity contribution in [2.24, 2.45) is 0 Å². The molecule has 4 rings (SSSR count). The molecule has 0 saturated carbocycles. The zero-order valence-electron chi connectivity index (χ0n) is 17.8. The lowest BCUT2D eigenvalue weighted by Crippen LogP contribution is -2.50. The van der Waals surface area contributed by atoms with Crippen LogP contribution in [0, 0.1) is 6.92 Å². The molecule has 7 nitrogen and oxygen atoms in total. The first-order valence-corrected chi connectivity index (χ1v) is 11.6. The zero-order valence-corrected chi connectivity index (χ0v) is 18.6. The summed E-state index contributed by atoms with van der Waals surface area (Å²) in [7, 11) is -2.30. The van der Waals surface area contributed by atoms with E-state index in [0.717, 1.165) is 11.1 Å². The fourth-order valence-electron chi connectivity index (χ4n) is 3.49. The van der Waals surface area contributed by atoms with Crippen molar-refractivity contribution in [3.8, 4) is 11.5 Å². The van der Waals surface area contributed by atoms with Crippen LogP contribution in [0.1, 0.15) is 11.1 Å². The number of hydrogen-bond donors (Lipinski definition) is 1. The van der Waals surface area contributed by atoms with E-state index in [2.05, 4.69) is 5.32 Å². The van der Waals surface area contributed by atoms with Gasteiger partial charge in [0.1, 0.15) is 11.5 Å². The molecule has 32 heavy (non-hydrogen) atoms. The van der Waals surface area contributed by atoms with E-state index in [9.17, 15) is 13.2 Å². The molecule has 1 amide bonds. The van der Waals surface area contributed by atoms with E-state index in [4.69, 9.17) is 9.47 Å². The molecule has 8 heteroatoms. The number of methoxy groups -OCH3 is 1. The number of sulfonamides is 1. The van der Waals surface area contributed by atoms with Crippen LogP contribution in [0.4, 0.5) is 5.69 Å². The number of carbonyl (C=O) groups excluding carboxylic acids is 1. The van der Waals surface area contributed by atoms with Crippen molar-refractivity contribution in [2.45, 2.75) is 24.5 Å². The number of hydrogen-bond acceptors (Lipinski definition) is 5. The lowest BCUT2D eigenvalue weighted by atomic mass is 10.2. The summed E-state index contributed by atoms with van der Waals surface area (Å²) in [5.74, 6) is 0.636. The smallest absolute Gasteiger partial charge is 0.264 e. The standard InChI is InChI=1S/C24H24N2O5S/c1-17-10-12-20(13-11-17)32(28,29)26-16-23(31-22-9-4-3-8-21(22)26)24(27)25-15-18-6-5-7-19(14-18)30-2/h3-14,23H,15-16H2,1-2H3,(H,25,27). The number of amides is 1. The Kier molecular flexibility index (Phi) is 6.05. The van der Waals surface area contributed by atoms with Crippen molar-refractivity contribution in [3.05, 3.63) is 83.9 Å². The molecule has 0 aromatic heterocycles. The molecule has 1 aliphatic rings. The molecule has 166 valence electrons. The Balaban J connectivity index is 1.57. The minimum atomic E-state index is -3.88. The molecule has 1 atom stereocenters. The van der Waals surface area contributed by atoms with E-state index in [1.807, 2.05) is 31.2 Å². The quantitative estimate of drug-likeness (QED) is 0.621. The van der Waals surface area contributed by atoms with Crippen molar-refractivity contribution in [1.29, 1.82) is 0 Å². The summed E-state index contributed by atoms with van der Waals surface area (Å²) in [6, 6.07) is 20.8. The van der Waals surface area contributed by atoms with Crippen LogP contribution in [-0.4, -0.2) is 34.1 Å². The average Bonchev–Trinajstić information content (AvgIpc) is 2.82. The van der Waals surface area contributed by atoms with Gasteiger partial charge in [0.15, 0.2) is 6.10 Å². The second-order valence-electron chi connectivity index (χ2n) is 7.49. The van der Waals surface area contributed by atoms with Crippen LogP contribution in [0.2, 0.25) is 0 Å². The molecule has 0 bridgehead atoms. The highest BCUT2D eigenvalue weighted by Gasteiger charge is 2.37. The third-order valence-corrected chi connectivity index (χ3v) is 7.03. The third kappa shape index (κ3) is 4.40. The minimum Gasteiger partial charge on any atom is -0.497 e. The molecule has 0 fully saturated rings. The van der Waals surface area contributed by atoms with E-state index < -0.39 is 22.0 Å². The van der Waals surface area contributed by atoms with Gasteiger partial charge in [-0.15, -0.1) is 0 Å². The number of aryl methyl sites for hydroxylation is 1. The molecule has 0 radical (unpaired) electrons. The van der Waals surface area contributed by atoms with Crippen LogP contribution in [0.25, 0.3) is 0 Å². The molecule has 3 aromatic rings. The number of anilines is 1. The summed E-state index contributed by atoms with van der Waals surface area (Å²) in [6.07, 6.45) is -0.990. The zero-order chi connectivity index (χ0) is 22.7. The highest BCUT2D eigenvalue weighted by Crippen LogP contribution is 2.36. The molecule has 0 saturated heterocycles. The van der Waals surface area contributed by atoms with Gasteiger partial charge in [0.2, 0.25) is 0 Å². The van der Waals surface area contributed by atoms with Gasteiger partial charge in [0.05, 0.1) is 24.2 Å². The molecule has 1 aliphatic heterocycles. The normalized spacial score (nSPS) is 15.4. The summed E-state index contributed by atoms with van der Waals surface area (Å²) >= 11 is 0. The largest absolute Gasteiger partial charge is 0.497 e. The van der Waals surface area contributed by atoms with E-state index in [-0.39, 0.29) is 18.0 Å². The Labute approximate surface area is 187 Å². The highest BCUT2D eigenvalue weighted by molar-refractivity contribution is 7.92. The molecule has 0 spiro atoms. The second-order valence-corrected chi connectivity index (χ2v) is 9.36. The van der Waals surface area contributed by atoms with Crippen molar-refractivity contribution in [1.82, 2.24) is 5.32 Å². The van der Waals surface area contributed by atoms with Crippen LogP contribution in [0.3, 0.4) is 0 Å². The maximum Gasteiger partial charge on any atom is 0.264 e. The lowest BCUT2D eigenvalue weighted by molar-refractivity contribution is -0.127. The van der Waals surface area contributed by atoms with Gasteiger partial charge in [-0.2, -0.15) is 0 Å². The molecular weight excluding hydrogens is 428 g/mol. The van der Waals surface area contributed by atoms with Crippen LogP contribution >= 0.6 is 0 Å². The Hall–Kier alpha value is -3.52. The van der Waals surface area contributed by atoms with E-state index >= 15 is 0 Å². The molecule has 3 aromatic carbocycles. The summed E-state index contributed by atoms with van der Waals surface area (Å²) in [5, 5.41) is 2.83. The van der Waals surface area contributed by atoms with Crippen LogP contribution in [0.15, 0.2) is 77.7 Å². The van der Waals surface area contributed by atoms with Crippen molar-refractivity contribution < 1.29 is 22.7 Å². The predicted molar refractivity (Wildman–Crippen MR) is 121 cm³/mol. The summed E-state index contributed by atoms with van der Waals surface area (Å²) in [5.41, 5.74) is 2.23. The monoisotopic (exact) mass is 452 g/mol. The van der Waals surface area contributed by atoms with Gasteiger partial charge in [-0.1, -0.05) is 42.0 Å². The minimum absolute atomic E-state index is 0.128. The van der Waals surface area contributed by atoms with Crippen LogP contribution in [-0.2, 0) is 21.4 Å². The number of para-hydroxylation sites is 2. The Bertz CT molecular complexity index is 1230. The molecule has 1 heterocycles. The number of fused-ring (bicyclic) bond motifs is 1. The topological polar surface area (TPSA) is 84.9 Å². The van der Waals surface area contributed by atoms with Gasteiger partial charge in [0.25, 0.3) is 15.9 Å². The first kappa shape index (κ1) is 21.7. The Morgan fingerprint density at radius 3 is 2.59 bits per heavy atom. The van der Waals surface area contributed by atoms with Gasteiger partial charge in [-0.3, -0.25) is 9.10 Å². The Morgan fingerprint density at radius 1 is 1.09 bits per heavy atom. The number of ether oxygens (including phenoxy) is 2. The second kappa shape index (κ2) is 8.92. The maximum atomic E-state index is 13.4. The summed E-state index contributed by atoms with van der Waals surface area (Å²) < 4.78 is 39.1. The summed E-state index contributed by atoms with van der Waals surface area (Å²) in [6.45, 7) is 2.03. The fourth-order valence-corrected chi connectivity index (χ4v) is 4.97. The first-order chi connectivity index (χ1) is 15.4. The summed E-state index contributed by atoms with van der Waals surface area (Å²) in [4.78, 5) is 13.1. The SMILES string of the molecule is COc1cccc(CNC(=O)C2CN(S(=O)(=O)c3ccc(C)cc3)c3ccccc3O2)c1. The Morgan fingerprint density at radius 2 is 1.84 bits per heavy atom. The predicted octanol–water partition coefficient (Wildman–Crippen LogP) is 3.28. The van der Waals surface area contributed by atoms with Crippen molar-refractivity contribution in [3.63, 3.8) is 0 Å². The number of nitrogens with zero attached hydrogens (tertiary/aromatic N) is 1. The molecule has 0 aliphatic carbocycles. The fraction of sp³-hybridized carbons (Fsp3) is 0.208. The third-order valence-electron chi connectivity index (χ3n) is 5.24. The van der Waals surface area contributed by atoms with E-state index in [1.165, 1.54) is 4.31 Å². The highest BCUT2D eigenvalue weighted by atomic mass is 32.2. The van der Waals surface area contributed by atoms with Gasteiger partial charge < -0.3 is 14.8 Å². The molecular formula is C24H24N2O5S. The van der Waals surface area contributed by atoms with E-state index in [1.54, 1.807) is 55.6 Å². The van der Waals surface area contributed by atoms with Gasteiger partial charge >= 0.3 is 0 Å². The molecule has 1 N–H and O–H groups in total. The average molecular weight is 453 g/mol. The number of carbonyl (C=O) groups is 1. The van der Waals surface area contributed by atoms with Gasteiger partial charge in [-0.25, -0.2) is 8.42 Å². The number of benzene rings is 3. The van der Waals surface area contributed by atoms with Gasteiger partial charge in [-0.05, 0) is 48.9 Å². The van der Waals surface area contributed by atoms with Crippen LogP contribution < -0.4 is 19.1 Å². The lowest BCUT2D eigenvalue weighted by Gasteiger charge is -2.34.